The Bertz CT molecular complexity index is 556. The smallest absolute Gasteiger partial charge is 0.133 e. The van der Waals surface area contributed by atoms with E-state index in [1.165, 1.54) is 10.9 Å². The molecule has 2 aromatic rings. The van der Waals surface area contributed by atoms with Crippen LogP contribution in [0, 0.1) is 0 Å². The van der Waals surface area contributed by atoms with E-state index in [4.69, 9.17) is 0 Å². The number of carbonyl (C=O) groups excluding carboxylic acids is 1. The van der Waals surface area contributed by atoms with Crippen LogP contribution in [0.3, 0.4) is 0 Å². The minimum Gasteiger partial charge on any atom is -0.300 e. The van der Waals surface area contributed by atoms with Crippen LogP contribution in [0.1, 0.15) is 37.2 Å². The maximum absolute atomic E-state index is 11.6. The van der Waals surface area contributed by atoms with Gasteiger partial charge in [0.25, 0.3) is 0 Å². The molecule has 3 rings (SSSR count). The third kappa shape index (κ3) is 1.95. The van der Waals surface area contributed by atoms with Crippen LogP contribution in [0.15, 0.2) is 36.5 Å². The van der Waals surface area contributed by atoms with Gasteiger partial charge in [-0.25, -0.2) is 0 Å². The van der Waals surface area contributed by atoms with Gasteiger partial charge < -0.3 is 0 Å². The van der Waals surface area contributed by atoms with Crippen molar-refractivity contribution in [3.63, 3.8) is 0 Å². The van der Waals surface area contributed by atoms with Crippen molar-refractivity contribution in [2.75, 3.05) is 0 Å². The molecular weight excluding hydrogens is 210 g/mol. The molecule has 86 valence electrons. The van der Waals surface area contributed by atoms with Gasteiger partial charge in [0.1, 0.15) is 5.78 Å². The molecule has 1 aliphatic rings. The van der Waals surface area contributed by atoms with Gasteiger partial charge in [-0.3, -0.25) is 9.78 Å². The van der Waals surface area contributed by atoms with Gasteiger partial charge >= 0.3 is 0 Å². The molecule has 0 spiro atoms. The van der Waals surface area contributed by atoms with Crippen LogP contribution in [-0.4, -0.2) is 10.8 Å². The van der Waals surface area contributed by atoms with Gasteiger partial charge in [-0.2, -0.15) is 0 Å². The van der Waals surface area contributed by atoms with Crippen LogP contribution in [0.4, 0.5) is 0 Å². The fraction of sp³-hybridized carbons (Fsp3) is 0.333. The van der Waals surface area contributed by atoms with Gasteiger partial charge in [0.2, 0.25) is 0 Å². The van der Waals surface area contributed by atoms with Gasteiger partial charge in [-0.1, -0.05) is 24.3 Å². The Hall–Kier alpha value is -1.70. The van der Waals surface area contributed by atoms with E-state index in [0.717, 1.165) is 24.8 Å². The van der Waals surface area contributed by atoms with Crippen molar-refractivity contribution in [1.82, 2.24) is 4.98 Å². The predicted molar refractivity (Wildman–Crippen MR) is 68.0 cm³/mol. The SMILES string of the molecule is O=C1CCCC(c2cccc3cccnc23)C1. The fourth-order valence-electron chi connectivity index (χ4n) is 2.75. The van der Waals surface area contributed by atoms with Crippen molar-refractivity contribution >= 4 is 16.7 Å². The van der Waals surface area contributed by atoms with Crippen molar-refractivity contribution in [2.24, 2.45) is 0 Å². The maximum Gasteiger partial charge on any atom is 0.133 e. The summed E-state index contributed by atoms with van der Waals surface area (Å²) >= 11 is 0. The molecule has 0 N–H and O–H groups in total. The second-order valence-corrected chi connectivity index (χ2v) is 4.75. The number of fused-ring (bicyclic) bond motifs is 1. The summed E-state index contributed by atoms with van der Waals surface area (Å²) in [7, 11) is 0. The number of pyridine rings is 1. The molecule has 1 unspecified atom stereocenters. The molecule has 1 heterocycles. The summed E-state index contributed by atoms with van der Waals surface area (Å²) in [5.41, 5.74) is 2.31. The highest BCUT2D eigenvalue weighted by Gasteiger charge is 2.22. The average Bonchev–Trinajstić information content (AvgIpc) is 2.38. The van der Waals surface area contributed by atoms with Crippen molar-refractivity contribution in [3.05, 3.63) is 42.1 Å². The van der Waals surface area contributed by atoms with E-state index in [2.05, 4.69) is 29.2 Å². The number of para-hydroxylation sites is 1. The highest BCUT2D eigenvalue weighted by Crippen LogP contribution is 2.34. The summed E-state index contributed by atoms with van der Waals surface area (Å²) < 4.78 is 0. The number of hydrogen-bond donors (Lipinski definition) is 0. The Morgan fingerprint density at radius 2 is 2.06 bits per heavy atom. The Balaban J connectivity index is 2.07. The molecule has 1 fully saturated rings. The third-order valence-corrected chi connectivity index (χ3v) is 3.59. The van der Waals surface area contributed by atoms with Gasteiger partial charge in [-0.15, -0.1) is 0 Å². The molecule has 1 aromatic heterocycles. The summed E-state index contributed by atoms with van der Waals surface area (Å²) in [6.07, 6.45) is 5.41. The highest BCUT2D eigenvalue weighted by molar-refractivity contribution is 5.84. The molecule has 0 amide bonds. The van der Waals surface area contributed by atoms with Crippen molar-refractivity contribution < 1.29 is 4.79 Å². The first-order valence-electron chi connectivity index (χ1n) is 6.20. The molecule has 0 aliphatic heterocycles. The molecular formula is C15H15NO. The summed E-state index contributed by atoms with van der Waals surface area (Å²) in [5, 5.41) is 1.17. The number of carbonyl (C=O) groups is 1. The van der Waals surface area contributed by atoms with E-state index in [1.807, 2.05) is 12.3 Å². The summed E-state index contributed by atoms with van der Waals surface area (Å²) in [6.45, 7) is 0. The Kier molecular flexibility index (Phi) is 2.63. The normalized spacial score (nSPS) is 20.7. The summed E-state index contributed by atoms with van der Waals surface area (Å²) in [5.74, 6) is 0.768. The highest BCUT2D eigenvalue weighted by atomic mass is 16.1. The van der Waals surface area contributed by atoms with Crippen LogP contribution in [-0.2, 0) is 4.79 Å². The van der Waals surface area contributed by atoms with E-state index in [0.29, 0.717) is 18.1 Å². The first-order valence-corrected chi connectivity index (χ1v) is 6.20. The molecule has 0 saturated heterocycles. The molecule has 1 saturated carbocycles. The van der Waals surface area contributed by atoms with Crippen LogP contribution in [0.5, 0.6) is 0 Å². The molecule has 1 aliphatic carbocycles. The van der Waals surface area contributed by atoms with E-state index >= 15 is 0 Å². The topological polar surface area (TPSA) is 30.0 Å². The first-order chi connectivity index (χ1) is 8.34. The molecule has 0 radical (unpaired) electrons. The lowest BCUT2D eigenvalue weighted by Gasteiger charge is -2.22. The minimum atomic E-state index is 0.370. The zero-order chi connectivity index (χ0) is 11.7. The number of rotatable bonds is 1. The fourth-order valence-corrected chi connectivity index (χ4v) is 2.75. The number of benzene rings is 1. The largest absolute Gasteiger partial charge is 0.300 e. The molecule has 2 nitrogen and oxygen atoms in total. The zero-order valence-corrected chi connectivity index (χ0v) is 9.73. The number of ketones is 1. The van der Waals surface area contributed by atoms with Gasteiger partial charge in [0.05, 0.1) is 5.52 Å². The van der Waals surface area contributed by atoms with E-state index in [9.17, 15) is 4.79 Å². The lowest BCUT2D eigenvalue weighted by molar-refractivity contribution is -0.120. The number of aromatic nitrogens is 1. The van der Waals surface area contributed by atoms with Crippen LogP contribution in [0.25, 0.3) is 10.9 Å². The minimum absolute atomic E-state index is 0.370. The van der Waals surface area contributed by atoms with Crippen molar-refractivity contribution in [2.45, 2.75) is 31.6 Å². The zero-order valence-electron chi connectivity index (χ0n) is 9.73. The lowest BCUT2D eigenvalue weighted by atomic mass is 9.82. The van der Waals surface area contributed by atoms with Crippen LogP contribution < -0.4 is 0 Å². The van der Waals surface area contributed by atoms with Gasteiger partial charge in [0.15, 0.2) is 0 Å². The van der Waals surface area contributed by atoms with E-state index in [-0.39, 0.29) is 0 Å². The third-order valence-electron chi connectivity index (χ3n) is 3.59. The van der Waals surface area contributed by atoms with Crippen LogP contribution >= 0.6 is 0 Å². The Morgan fingerprint density at radius 1 is 1.18 bits per heavy atom. The van der Waals surface area contributed by atoms with Crippen LogP contribution in [0.2, 0.25) is 0 Å². The standard InChI is InChI=1S/C15H15NO/c17-13-7-1-5-12(10-13)14-8-2-4-11-6-3-9-16-15(11)14/h2-4,6,8-9,12H,1,5,7,10H2. The lowest BCUT2D eigenvalue weighted by Crippen LogP contribution is -2.13. The molecule has 17 heavy (non-hydrogen) atoms. The van der Waals surface area contributed by atoms with E-state index < -0.39 is 0 Å². The summed E-state index contributed by atoms with van der Waals surface area (Å²) in [4.78, 5) is 16.0. The van der Waals surface area contributed by atoms with E-state index in [1.54, 1.807) is 0 Å². The quantitative estimate of drug-likeness (QED) is 0.744. The number of Topliss-reactive ketones (excluding diaryl/α,β-unsaturated/α-hetero) is 1. The Labute approximate surface area is 101 Å². The van der Waals surface area contributed by atoms with Crippen molar-refractivity contribution in [3.8, 4) is 0 Å². The second kappa shape index (κ2) is 4.28. The van der Waals surface area contributed by atoms with Gasteiger partial charge in [0, 0.05) is 24.4 Å². The average molecular weight is 225 g/mol. The predicted octanol–water partition coefficient (Wildman–Crippen LogP) is 3.46. The van der Waals surface area contributed by atoms with Gasteiger partial charge in [-0.05, 0) is 30.4 Å². The number of hydrogen-bond acceptors (Lipinski definition) is 2. The molecule has 1 atom stereocenters. The molecule has 2 heteroatoms. The monoisotopic (exact) mass is 225 g/mol. The number of nitrogens with zero attached hydrogens (tertiary/aromatic N) is 1. The molecule has 0 bridgehead atoms. The molecule has 1 aromatic carbocycles. The first kappa shape index (κ1) is 10.5. The second-order valence-electron chi connectivity index (χ2n) is 4.75. The Morgan fingerprint density at radius 3 is 2.94 bits per heavy atom. The van der Waals surface area contributed by atoms with Crippen molar-refractivity contribution in [1.29, 1.82) is 0 Å². The summed E-state index contributed by atoms with van der Waals surface area (Å²) in [6, 6.07) is 10.3. The maximum atomic E-state index is 11.6.